The summed E-state index contributed by atoms with van der Waals surface area (Å²) in [6.45, 7) is 3.92. The molecule has 44 heavy (non-hydrogen) atoms. The van der Waals surface area contributed by atoms with Crippen LogP contribution in [0.1, 0.15) is 25.0 Å². The summed E-state index contributed by atoms with van der Waals surface area (Å²) in [5.74, 6) is -0.686. The van der Waals surface area contributed by atoms with E-state index < -0.39 is 28.5 Å². The molecule has 0 heterocycles. The highest BCUT2D eigenvalue weighted by Gasteiger charge is 2.34. The van der Waals surface area contributed by atoms with E-state index >= 15 is 0 Å². The molecule has 230 valence electrons. The number of nitrogens with zero attached hydrogens (tertiary/aromatic N) is 2. The van der Waals surface area contributed by atoms with Gasteiger partial charge in [0.05, 0.1) is 20.6 Å². The largest absolute Gasteiger partial charge is 0.354 e. The van der Waals surface area contributed by atoms with Gasteiger partial charge in [-0.05, 0) is 47.4 Å². The van der Waals surface area contributed by atoms with E-state index in [0.717, 1.165) is 15.4 Å². The summed E-state index contributed by atoms with van der Waals surface area (Å²) < 4.78 is 29.0. The lowest BCUT2D eigenvalue weighted by molar-refractivity contribution is -0.140. The van der Waals surface area contributed by atoms with Gasteiger partial charge in [-0.15, -0.1) is 0 Å². The summed E-state index contributed by atoms with van der Waals surface area (Å²) in [5, 5.41) is 3.37. The van der Waals surface area contributed by atoms with Crippen LogP contribution in [0.15, 0.2) is 114 Å². The molecule has 4 rings (SSSR count). The highest BCUT2D eigenvalue weighted by Crippen LogP contribution is 2.31. The molecule has 7 nitrogen and oxygen atoms in total. The van der Waals surface area contributed by atoms with Gasteiger partial charge in [0, 0.05) is 19.5 Å². The lowest BCUT2D eigenvalue weighted by atomic mass is 10.0. The van der Waals surface area contributed by atoms with Gasteiger partial charge < -0.3 is 10.2 Å². The van der Waals surface area contributed by atoms with Crippen molar-refractivity contribution in [2.75, 3.05) is 17.4 Å². The van der Waals surface area contributed by atoms with Gasteiger partial charge in [0.25, 0.3) is 10.0 Å². The van der Waals surface area contributed by atoms with E-state index in [9.17, 15) is 18.0 Å². The molecule has 0 aliphatic heterocycles. The fraction of sp³-hybridized carbons (Fsp3) is 0.235. The summed E-state index contributed by atoms with van der Waals surface area (Å²) in [4.78, 5) is 29.7. The molecule has 0 aliphatic rings. The minimum absolute atomic E-state index is 0.00370. The van der Waals surface area contributed by atoms with Crippen molar-refractivity contribution in [3.63, 3.8) is 0 Å². The van der Waals surface area contributed by atoms with Crippen molar-refractivity contribution in [3.05, 3.63) is 130 Å². The number of carbonyl (C=O) groups excluding carboxylic acids is 2. The zero-order valence-electron chi connectivity index (χ0n) is 24.6. The highest BCUT2D eigenvalue weighted by molar-refractivity contribution is 7.92. The second-order valence-electron chi connectivity index (χ2n) is 10.8. The Morgan fingerprint density at radius 2 is 1.34 bits per heavy atom. The maximum absolute atomic E-state index is 14.4. The lowest BCUT2D eigenvalue weighted by Gasteiger charge is -2.34. The molecular weight excluding hydrogens is 617 g/mol. The van der Waals surface area contributed by atoms with Crippen LogP contribution in [0.3, 0.4) is 0 Å². The van der Waals surface area contributed by atoms with E-state index in [4.69, 9.17) is 23.2 Å². The lowest BCUT2D eigenvalue weighted by Crippen LogP contribution is -2.53. The van der Waals surface area contributed by atoms with Crippen molar-refractivity contribution in [1.82, 2.24) is 10.2 Å². The second-order valence-corrected chi connectivity index (χ2v) is 13.5. The van der Waals surface area contributed by atoms with E-state index in [-0.39, 0.29) is 45.4 Å². The van der Waals surface area contributed by atoms with E-state index in [1.807, 2.05) is 74.5 Å². The Bertz CT molecular complexity index is 1650. The molecule has 0 bridgehead atoms. The van der Waals surface area contributed by atoms with Gasteiger partial charge in [-0.2, -0.15) is 0 Å². The van der Waals surface area contributed by atoms with Crippen molar-refractivity contribution < 1.29 is 18.0 Å². The number of benzene rings is 4. The summed E-state index contributed by atoms with van der Waals surface area (Å²) in [7, 11) is -4.23. The monoisotopic (exact) mass is 651 g/mol. The van der Waals surface area contributed by atoms with Crippen molar-refractivity contribution in [2.45, 2.75) is 37.8 Å². The maximum Gasteiger partial charge on any atom is 0.264 e. The molecule has 0 fully saturated rings. The standard InChI is InChI=1S/C34H35Cl2N3O4S/c1-25(2)22-37-34(41)32(20-26-12-6-3-7-13-26)38(23-27-14-8-4-9-15-27)33(40)24-39(28-18-19-30(35)31(36)21-28)44(42,43)29-16-10-5-11-17-29/h3-19,21,25,32H,20,22-24H2,1-2H3,(H,37,41). The van der Waals surface area contributed by atoms with E-state index in [0.29, 0.717) is 6.54 Å². The maximum atomic E-state index is 14.4. The minimum atomic E-state index is -4.23. The van der Waals surface area contributed by atoms with Gasteiger partial charge in [0.15, 0.2) is 0 Å². The molecule has 0 spiro atoms. The zero-order valence-corrected chi connectivity index (χ0v) is 26.9. The third-order valence-corrected chi connectivity index (χ3v) is 9.48. The number of sulfonamides is 1. The Kier molecular flexibility index (Phi) is 11.4. The number of carbonyl (C=O) groups is 2. The molecule has 1 N–H and O–H groups in total. The number of hydrogen-bond acceptors (Lipinski definition) is 4. The first-order valence-corrected chi connectivity index (χ1v) is 16.4. The number of rotatable bonds is 13. The molecule has 0 saturated heterocycles. The molecule has 1 unspecified atom stereocenters. The van der Waals surface area contributed by atoms with Gasteiger partial charge in [0.2, 0.25) is 11.8 Å². The Labute approximate surface area is 269 Å². The minimum Gasteiger partial charge on any atom is -0.354 e. The molecule has 4 aromatic carbocycles. The number of anilines is 1. The first-order chi connectivity index (χ1) is 21.1. The molecule has 1 atom stereocenters. The first kappa shape index (κ1) is 33.1. The number of halogens is 2. The third-order valence-electron chi connectivity index (χ3n) is 6.95. The zero-order chi connectivity index (χ0) is 31.7. The molecule has 0 saturated carbocycles. The predicted molar refractivity (Wildman–Crippen MR) is 176 cm³/mol. The number of nitrogens with one attached hydrogen (secondary N) is 1. The quantitative estimate of drug-likeness (QED) is 0.176. The molecule has 10 heteroatoms. The van der Waals surface area contributed by atoms with E-state index in [2.05, 4.69) is 5.32 Å². The first-order valence-electron chi connectivity index (χ1n) is 14.2. The molecule has 4 aromatic rings. The van der Waals surface area contributed by atoms with E-state index in [1.54, 1.807) is 18.2 Å². The number of amides is 2. The van der Waals surface area contributed by atoms with Gasteiger partial charge in [0.1, 0.15) is 12.6 Å². The van der Waals surface area contributed by atoms with Crippen LogP contribution < -0.4 is 9.62 Å². The predicted octanol–water partition coefficient (Wildman–Crippen LogP) is 6.60. The van der Waals surface area contributed by atoms with Gasteiger partial charge in [-0.1, -0.05) is 116 Å². The molecule has 2 amide bonds. The van der Waals surface area contributed by atoms with Gasteiger partial charge in [-0.3, -0.25) is 13.9 Å². The van der Waals surface area contributed by atoms with Gasteiger partial charge >= 0.3 is 0 Å². The summed E-state index contributed by atoms with van der Waals surface area (Å²) in [5.41, 5.74) is 1.82. The average molecular weight is 653 g/mol. The van der Waals surface area contributed by atoms with Crippen LogP contribution in [0.2, 0.25) is 10.0 Å². The van der Waals surface area contributed by atoms with Crippen LogP contribution in [0.4, 0.5) is 5.69 Å². The van der Waals surface area contributed by atoms with Crippen LogP contribution in [0.25, 0.3) is 0 Å². The Morgan fingerprint density at radius 1 is 0.773 bits per heavy atom. The Morgan fingerprint density at radius 3 is 1.91 bits per heavy atom. The highest BCUT2D eigenvalue weighted by atomic mass is 35.5. The fourth-order valence-corrected chi connectivity index (χ4v) is 6.36. The van der Waals surface area contributed by atoms with Crippen LogP contribution in [-0.4, -0.2) is 44.3 Å². The van der Waals surface area contributed by atoms with Gasteiger partial charge in [-0.25, -0.2) is 8.42 Å². The summed E-state index contributed by atoms with van der Waals surface area (Å²) in [6.07, 6.45) is 0.238. The number of hydrogen-bond donors (Lipinski definition) is 1. The topological polar surface area (TPSA) is 86.8 Å². The Hall–Kier alpha value is -3.85. The normalized spacial score (nSPS) is 12.0. The van der Waals surface area contributed by atoms with Crippen molar-refractivity contribution in [1.29, 1.82) is 0 Å². The van der Waals surface area contributed by atoms with E-state index in [1.165, 1.54) is 35.2 Å². The molecule has 0 aromatic heterocycles. The second kappa shape index (κ2) is 15.2. The Balaban J connectivity index is 1.79. The van der Waals surface area contributed by atoms with Crippen molar-refractivity contribution in [3.8, 4) is 0 Å². The summed E-state index contributed by atoms with van der Waals surface area (Å²) >= 11 is 12.5. The van der Waals surface area contributed by atoms with Crippen LogP contribution in [0, 0.1) is 5.92 Å². The smallest absolute Gasteiger partial charge is 0.264 e. The van der Waals surface area contributed by atoms with Crippen LogP contribution in [0.5, 0.6) is 0 Å². The SMILES string of the molecule is CC(C)CNC(=O)C(Cc1ccccc1)N(Cc1ccccc1)C(=O)CN(c1ccc(Cl)c(Cl)c1)S(=O)(=O)c1ccccc1. The van der Waals surface area contributed by atoms with Crippen LogP contribution in [-0.2, 0) is 32.6 Å². The summed E-state index contributed by atoms with van der Waals surface area (Å²) in [6, 6.07) is 30.1. The molecular formula is C34H35Cl2N3O4S. The van der Waals surface area contributed by atoms with Crippen molar-refractivity contribution >= 4 is 50.7 Å². The fourth-order valence-electron chi connectivity index (χ4n) is 4.65. The third kappa shape index (κ3) is 8.62. The van der Waals surface area contributed by atoms with Crippen molar-refractivity contribution in [2.24, 2.45) is 5.92 Å². The van der Waals surface area contributed by atoms with Crippen LogP contribution >= 0.6 is 23.2 Å². The molecule has 0 radical (unpaired) electrons. The molecule has 0 aliphatic carbocycles. The average Bonchev–Trinajstić information content (AvgIpc) is 3.03.